The van der Waals surface area contributed by atoms with Crippen LogP contribution in [0.2, 0.25) is 0 Å². The molecule has 0 bridgehead atoms. The Morgan fingerprint density at radius 2 is 1.35 bits per heavy atom. The summed E-state index contributed by atoms with van der Waals surface area (Å²) in [6, 6.07) is 25.4. The van der Waals surface area contributed by atoms with Gasteiger partial charge in [-0.3, -0.25) is 13.9 Å². The van der Waals surface area contributed by atoms with E-state index in [0.717, 1.165) is 27.3 Å². The molecule has 0 aromatic heterocycles. The van der Waals surface area contributed by atoms with Crippen LogP contribution in [0, 0.1) is 5.92 Å². The standard InChI is InChI=1S/C32H41N3O4S/c1-24(2)21-33-32(37)30(20-26-14-8-6-9-15-26)34(22-27-16-10-7-11-17-27)31(36)23-35(40(5,38)39)29-19-13-12-18-28(29)25(3)4/h6-19,24-25,30H,20-23H2,1-5H3,(H,33,37)/t30-/m0/s1. The molecule has 40 heavy (non-hydrogen) atoms. The van der Waals surface area contributed by atoms with E-state index in [0.29, 0.717) is 18.7 Å². The largest absolute Gasteiger partial charge is 0.354 e. The quantitative estimate of drug-likeness (QED) is 0.318. The van der Waals surface area contributed by atoms with Gasteiger partial charge in [0, 0.05) is 19.5 Å². The van der Waals surface area contributed by atoms with Crippen LogP contribution in [-0.2, 0) is 32.6 Å². The van der Waals surface area contributed by atoms with Gasteiger partial charge in [0.15, 0.2) is 0 Å². The smallest absolute Gasteiger partial charge is 0.244 e. The summed E-state index contributed by atoms with van der Waals surface area (Å²) < 4.78 is 27.3. The average Bonchev–Trinajstić information content (AvgIpc) is 2.92. The molecule has 0 saturated carbocycles. The first-order valence-corrected chi connectivity index (χ1v) is 15.5. The number of sulfonamides is 1. The Kier molecular flexibility index (Phi) is 10.9. The summed E-state index contributed by atoms with van der Waals surface area (Å²) in [6.45, 7) is 8.20. The van der Waals surface area contributed by atoms with Crippen molar-refractivity contribution in [2.45, 2.75) is 52.6 Å². The van der Waals surface area contributed by atoms with E-state index in [4.69, 9.17) is 0 Å². The third-order valence-corrected chi connectivity index (χ3v) is 7.78. The first-order valence-electron chi connectivity index (χ1n) is 13.7. The molecule has 2 amide bonds. The van der Waals surface area contributed by atoms with E-state index in [9.17, 15) is 18.0 Å². The summed E-state index contributed by atoms with van der Waals surface area (Å²) in [7, 11) is -3.82. The molecule has 0 unspecified atom stereocenters. The van der Waals surface area contributed by atoms with Gasteiger partial charge >= 0.3 is 0 Å². The molecule has 3 aromatic rings. The number of carbonyl (C=O) groups excluding carboxylic acids is 2. The number of nitrogens with zero attached hydrogens (tertiary/aromatic N) is 2. The molecule has 0 spiro atoms. The lowest BCUT2D eigenvalue weighted by Crippen LogP contribution is -2.53. The van der Waals surface area contributed by atoms with Crippen molar-refractivity contribution in [3.8, 4) is 0 Å². The van der Waals surface area contributed by atoms with Crippen molar-refractivity contribution in [2.75, 3.05) is 23.7 Å². The number of benzene rings is 3. The fourth-order valence-corrected chi connectivity index (χ4v) is 5.42. The van der Waals surface area contributed by atoms with Gasteiger partial charge in [-0.2, -0.15) is 0 Å². The number of carbonyl (C=O) groups is 2. The summed E-state index contributed by atoms with van der Waals surface area (Å²) in [5, 5.41) is 3.00. The van der Waals surface area contributed by atoms with Crippen molar-refractivity contribution in [2.24, 2.45) is 5.92 Å². The normalized spacial score (nSPS) is 12.3. The minimum atomic E-state index is -3.82. The Bertz CT molecular complexity index is 1360. The van der Waals surface area contributed by atoms with E-state index in [-0.39, 0.29) is 24.3 Å². The van der Waals surface area contributed by atoms with Crippen LogP contribution in [-0.4, -0.2) is 50.5 Å². The Balaban J connectivity index is 2.06. The SMILES string of the molecule is CC(C)CNC(=O)[C@H](Cc1ccccc1)N(Cc1ccccc1)C(=O)CN(c1ccccc1C(C)C)S(C)(=O)=O. The predicted octanol–water partition coefficient (Wildman–Crippen LogP) is 4.99. The molecule has 0 heterocycles. The van der Waals surface area contributed by atoms with E-state index in [1.54, 1.807) is 12.1 Å². The van der Waals surface area contributed by atoms with Crippen molar-refractivity contribution in [1.29, 1.82) is 0 Å². The second-order valence-corrected chi connectivity index (χ2v) is 12.7. The highest BCUT2D eigenvalue weighted by molar-refractivity contribution is 7.92. The first kappa shape index (κ1) is 30.9. The maximum atomic E-state index is 14.2. The molecule has 0 saturated heterocycles. The Morgan fingerprint density at radius 3 is 1.90 bits per heavy atom. The predicted molar refractivity (Wildman–Crippen MR) is 161 cm³/mol. The molecular weight excluding hydrogens is 522 g/mol. The molecule has 0 aliphatic rings. The van der Waals surface area contributed by atoms with E-state index < -0.39 is 28.5 Å². The van der Waals surface area contributed by atoms with E-state index >= 15 is 0 Å². The molecule has 1 atom stereocenters. The van der Waals surface area contributed by atoms with Gasteiger partial charge in [0.2, 0.25) is 21.8 Å². The van der Waals surface area contributed by atoms with Crippen molar-refractivity contribution in [3.63, 3.8) is 0 Å². The number of rotatable bonds is 13. The summed E-state index contributed by atoms with van der Waals surface area (Å²) in [5.41, 5.74) is 3.05. The minimum Gasteiger partial charge on any atom is -0.354 e. The highest BCUT2D eigenvalue weighted by atomic mass is 32.2. The van der Waals surface area contributed by atoms with Crippen molar-refractivity contribution in [3.05, 3.63) is 102 Å². The van der Waals surface area contributed by atoms with E-state index in [1.807, 2.05) is 100 Å². The Hall–Kier alpha value is -3.65. The van der Waals surface area contributed by atoms with Crippen molar-refractivity contribution in [1.82, 2.24) is 10.2 Å². The average molecular weight is 564 g/mol. The maximum Gasteiger partial charge on any atom is 0.244 e. The van der Waals surface area contributed by atoms with Gasteiger partial charge in [-0.15, -0.1) is 0 Å². The highest BCUT2D eigenvalue weighted by Crippen LogP contribution is 2.29. The van der Waals surface area contributed by atoms with Crippen LogP contribution in [0.4, 0.5) is 5.69 Å². The lowest BCUT2D eigenvalue weighted by atomic mass is 10.0. The lowest BCUT2D eigenvalue weighted by molar-refractivity contribution is -0.140. The number of hydrogen-bond acceptors (Lipinski definition) is 4. The van der Waals surface area contributed by atoms with Gasteiger partial charge < -0.3 is 10.2 Å². The molecule has 0 aliphatic carbocycles. The van der Waals surface area contributed by atoms with Crippen LogP contribution < -0.4 is 9.62 Å². The highest BCUT2D eigenvalue weighted by Gasteiger charge is 2.33. The molecule has 0 fully saturated rings. The monoisotopic (exact) mass is 563 g/mol. The summed E-state index contributed by atoms with van der Waals surface area (Å²) in [6.07, 6.45) is 1.40. The Morgan fingerprint density at radius 1 is 0.800 bits per heavy atom. The fraction of sp³-hybridized carbons (Fsp3) is 0.375. The van der Waals surface area contributed by atoms with Crippen molar-refractivity contribution >= 4 is 27.5 Å². The van der Waals surface area contributed by atoms with Crippen LogP contribution in [0.1, 0.15) is 50.3 Å². The van der Waals surface area contributed by atoms with Crippen LogP contribution >= 0.6 is 0 Å². The number of amides is 2. The molecule has 3 aromatic carbocycles. The number of hydrogen-bond donors (Lipinski definition) is 1. The zero-order valence-electron chi connectivity index (χ0n) is 24.1. The molecular formula is C32H41N3O4S. The number of para-hydroxylation sites is 1. The summed E-state index contributed by atoms with van der Waals surface area (Å²) in [5.74, 6) is -0.444. The molecule has 3 rings (SSSR count). The third-order valence-electron chi connectivity index (χ3n) is 6.66. The topological polar surface area (TPSA) is 86.8 Å². The molecule has 214 valence electrons. The van der Waals surface area contributed by atoms with Crippen LogP contribution in [0.3, 0.4) is 0 Å². The van der Waals surface area contributed by atoms with Crippen LogP contribution in [0.5, 0.6) is 0 Å². The van der Waals surface area contributed by atoms with Crippen LogP contribution in [0.25, 0.3) is 0 Å². The molecule has 0 radical (unpaired) electrons. The van der Waals surface area contributed by atoms with Crippen LogP contribution in [0.15, 0.2) is 84.9 Å². The lowest BCUT2D eigenvalue weighted by Gasteiger charge is -2.34. The van der Waals surface area contributed by atoms with Gasteiger partial charge in [-0.25, -0.2) is 8.42 Å². The third kappa shape index (κ3) is 8.68. The summed E-state index contributed by atoms with van der Waals surface area (Å²) in [4.78, 5) is 29.3. The molecule has 0 aliphatic heterocycles. The molecule has 8 heteroatoms. The number of nitrogens with one attached hydrogen (secondary N) is 1. The maximum absolute atomic E-state index is 14.2. The Labute approximate surface area is 239 Å². The summed E-state index contributed by atoms with van der Waals surface area (Å²) >= 11 is 0. The van der Waals surface area contributed by atoms with Gasteiger partial charge in [-0.05, 0) is 34.6 Å². The fourth-order valence-electron chi connectivity index (χ4n) is 4.55. The van der Waals surface area contributed by atoms with Gasteiger partial charge in [0.05, 0.1) is 11.9 Å². The zero-order valence-corrected chi connectivity index (χ0v) is 24.9. The van der Waals surface area contributed by atoms with Gasteiger partial charge in [0.25, 0.3) is 0 Å². The second-order valence-electron chi connectivity index (χ2n) is 10.8. The molecule has 7 nitrogen and oxygen atoms in total. The number of anilines is 1. The minimum absolute atomic E-state index is 0.0450. The van der Waals surface area contributed by atoms with E-state index in [1.165, 1.54) is 4.90 Å². The molecule has 1 N–H and O–H groups in total. The first-order chi connectivity index (χ1) is 19.0. The van der Waals surface area contributed by atoms with E-state index in [2.05, 4.69) is 5.32 Å². The van der Waals surface area contributed by atoms with Crippen molar-refractivity contribution < 1.29 is 18.0 Å². The van der Waals surface area contributed by atoms with Gasteiger partial charge in [0.1, 0.15) is 12.6 Å². The zero-order chi connectivity index (χ0) is 29.3. The van der Waals surface area contributed by atoms with Gasteiger partial charge in [-0.1, -0.05) is 107 Å². The second kappa shape index (κ2) is 14.1.